The number of hydrogen-bond donors (Lipinski definition) is 3. The maximum atomic E-state index is 12.5. The summed E-state index contributed by atoms with van der Waals surface area (Å²) in [5.74, 6) is 0.484. The summed E-state index contributed by atoms with van der Waals surface area (Å²) in [6.07, 6.45) is 4.56. The highest BCUT2D eigenvalue weighted by Crippen LogP contribution is 2.19. The minimum absolute atomic E-state index is 0.254. The van der Waals surface area contributed by atoms with E-state index >= 15 is 0 Å². The van der Waals surface area contributed by atoms with Gasteiger partial charge in [0.05, 0.1) is 7.11 Å². The smallest absolute Gasteiger partial charge is 0.274 e. The quantitative estimate of drug-likeness (QED) is 0.438. The molecule has 0 radical (unpaired) electrons. The maximum absolute atomic E-state index is 12.5. The summed E-state index contributed by atoms with van der Waals surface area (Å²) in [5.41, 5.74) is 4.32. The predicted molar refractivity (Wildman–Crippen MR) is 116 cm³/mol. The fourth-order valence-corrected chi connectivity index (χ4v) is 3.21. The zero-order valence-electron chi connectivity index (χ0n) is 16.1. The van der Waals surface area contributed by atoms with E-state index in [-0.39, 0.29) is 5.91 Å². The summed E-state index contributed by atoms with van der Waals surface area (Å²) in [4.78, 5) is 20.0. The summed E-state index contributed by atoms with van der Waals surface area (Å²) in [6.45, 7) is 0.755. The molecule has 6 nitrogen and oxygen atoms in total. The van der Waals surface area contributed by atoms with Gasteiger partial charge in [-0.2, -0.15) is 0 Å². The molecule has 4 aromatic rings. The van der Waals surface area contributed by atoms with E-state index in [2.05, 4.69) is 32.7 Å². The zero-order valence-corrected chi connectivity index (χ0v) is 16.1. The number of nitrogens with one attached hydrogen (secondary N) is 3. The highest BCUT2D eigenvalue weighted by atomic mass is 16.5. The number of ether oxygens (including phenoxy) is 1. The summed E-state index contributed by atoms with van der Waals surface area (Å²) < 4.78 is 5.13. The van der Waals surface area contributed by atoms with Crippen LogP contribution in [0.5, 0.6) is 5.75 Å². The Hall–Kier alpha value is -3.80. The van der Waals surface area contributed by atoms with Crippen molar-refractivity contribution in [2.75, 3.05) is 24.3 Å². The standard InChI is InChI=1S/C23H22N4O2/c1-29-19-8-6-17(7-9-19)27-23(28)22-14-18(11-13-25-22)24-12-10-16-15-26-21-5-3-2-4-20(16)21/h2-9,11,13-15,26H,10,12H2,1H3,(H,24,25)(H,27,28). The van der Waals surface area contributed by atoms with Crippen LogP contribution in [-0.2, 0) is 6.42 Å². The maximum Gasteiger partial charge on any atom is 0.274 e. The van der Waals surface area contributed by atoms with Crippen LogP contribution < -0.4 is 15.4 Å². The SMILES string of the molecule is COc1ccc(NC(=O)c2cc(NCCc3c[nH]c4ccccc34)ccn2)cc1. The lowest BCUT2D eigenvalue weighted by Gasteiger charge is -2.09. The van der Waals surface area contributed by atoms with E-state index in [1.165, 1.54) is 10.9 Å². The number of para-hydroxylation sites is 1. The van der Waals surface area contributed by atoms with Gasteiger partial charge in [0.25, 0.3) is 5.91 Å². The van der Waals surface area contributed by atoms with Crippen molar-refractivity contribution in [3.63, 3.8) is 0 Å². The van der Waals surface area contributed by atoms with Crippen LogP contribution in [-0.4, -0.2) is 29.5 Å². The van der Waals surface area contributed by atoms with Crippen LogP contribution >= 0.6 is 0 Å². The van der Waals surface area contributed by atoms with Gasteiger partial charge in [0.15, 0.2) is 0 Å². The van der Waals surface area contributed by atoms with Gasteiger partial charge < -0.3 is 20.4 Å². The largest absolute Gasteiger partial charge is 0.497 e. The molecule has 0 aliphatic carbocycles. The third kappa shape index (κ3) is 4.38. The molecule has 0 aliphatic rings. The molecule has 0 spiro atoms. The summed E-state index contributed by atoms with van der Waals surface area (Å²) in [7, 11) is 1.61. The molecule has 29 heavy (non-hydrogen) atoms. The van der Waals surface area contributed by atoms with Crippen molar-refractivity contribution in [3.8, 4) is 5.75 Å². The first-order chi connectivity index (χ1) is 14.2. The molecular weight excluding hydrogens is 364 g/mol. The van der Waals surface area contributed by atoms with Gasteiger partial charge in [-0.05, 0) is 54.4 Å². The Labute approximate surface area is 168 Å². The number of H-pyrrole nitrogens is 1. The van der Waals surface area contributed by atoms with Gasteiger partial charge in [0.2, 0.25) is 0 Å². The van der Waals surface area contributed by atoms with Crippen molar-refractivity contribution in [2.45, 2.75) is 6.42 Å². The van der Waals surface area contributed by atoms with E-state index in [9.17, 15) is 4.79 Å². The number of rotatable bonds is 7. The third-order valence-corrected chi connectivity index (χ3v) is 4.74. The topological polar surface area (TPSA) is 79.0 Å². The lowest BCUT2D eigenvalue weighted by atomic mass is 10.1. The fraction of sp³-hybridized carbons (Fsp3) is 0.130. The first-order valence-electron chi connectivity index (χ1n) is 9.43. The molecule has 0 aliphatic heterocycles. The molecule has 6 heteroatoms. The monoisotopic (exact) mass is 386 g/mol. The van der Waals surface area contributed by atoms with E-state index < -0.39 is 0 Å². The van der Waals surface area contributed by atoms with Gasteiger partial charge in [-0.1, -0.05) is 18.2 Å². The van der Waals surface area contributed by atoms with E-state index in [0.29, 0.717) is 11.4 Å². The molecular formula is C23H22N4O2. The molecule has 0 unspecified atom stereocenters. The molecule has 0 saturated carbocycles. The number of fused-ring (bicyclic) bond motifs is 1. The van der Waals surface area contributed by atoms with E-state index in [1.807, 2.05) is 24.4 Å². The highest BCUT2D eigenvalue weighted by Gasteiger charge is 2.09. The Morgan fingerprint density at radius 3 is 2.72 bits per heavy atom. The van der Waals surface area contributed by atoms with Crippen molar-refractivity contribution in [1.82, 2.24) is 9.97 Å². The molecule has 0 fully saturated rings. The molecule has 3 N–H and O–H groups in total. The average molecular weight is 386 g/mol. The van der Waals surface area contributed by atoms with Gasteiger partial charge in [-0.25, -0.2) is 0 Å². The van der Waals surface area contributed by atoms with Crippen molar-refractivity contribution in [1.29, 1.82) is 0 Å². The molecule has 2 aromatic carbocycles. The van der Waals surface area contributed by atoms with Gasteiger partial charge in [0, 0.05) is 41.2 Å². The molecule has 146 valence electrons. The Kier molecular flexibility index (Phi) is 5.42. The van der Waals surface area contributed by atoms with Crippen molar-refractivity contribution >= 4 is 28.2 Å². The second-order valence-corrected chi connectivity index (χ2v) is 6.65. The minimum atomic E-state index is -0.254. The van der Waals surface area contributed by atoms with Crippen LogP contribution in [0.2, 0.25) is 0 Å². The zero-order chi connectivity index (χ0) is 20.1. The second-order valence-electron chi connectivity index (χ2n) is 6.65. The summed E-state index contributed by atoms with van der Waals surface area (Å²) in [5, 5.41) is 7.46. The number of amides is 1. The van der Waals surface area contributed by atoms with Crippen LogP contribution in [0.1, 0.15) is 16.1 Å². The van der Waals surface area contributed by atoms with Crippen LogP contribution in [0, 0.1) is 0 Å². The fourth-order valence-electron chi connectivity index (χ4n) is 3.21. The number of benzene rings is 2. The van der Waals surface area contributed by atoms with Crippen molar-refractivity contribution in [3.05, 3.63) is 84.3 Å². The van der Waals surface area contributed by atoms with Gasteiger partial charge in [-0.3, -0.25) is 9.78 Å². The van der Waals surface area contributed by atoms with E-state index in [0.717, 1.165) is 29.9 Å². The molecule has 2 aromatic heterocycles. The number of pyridine rings is 1. The summed E-state index contributed by atoms with van der Waals surface area (Å²) >= 11 is 0. The third-order valence-electron chi connectivity index (χ3n) is 4.74. The van der Waals surface area contributed by atoms with E-state index in [1.54, 1.807) is 43.6 Å². The van der Waals surface area contributed by atoms with Crippen LogP contribution in [0.4, 0.5) is 11.4 Å². The highest BCUT2D eigenvalue weighted by molar-refractivity contribution is 6.03. The molecule has 4 rings (SSSR count). The first kappa shape index (κ1) is 18.6. The van der Waals surface area contributed by atoms with Gasteiger partial charge in [0.1, 0.15) is 11.4 Å². The van der Waals surface area contributed by atoms with Crippen LogP contribution in [0.25, 0.3) is 10.9 Å². The molecule has 2 heterocycles. The van der Waals surface area contributed by atoms with Crippen LogP contribution in [0.3, 0.4) is 0 Å². The Morgan fingerprint density at radius 2 is 1.90 bits per heavy atom. The number of carbonyl (C=O) groups is 1. The molecule has 0 atom stereocenters. The van der Waals surface area contributed by atoms with Gasteiger partial charge >= 0.3 is 0 Å². The second kappa shape index (κ2) is 8.48. The Morgan fingerprint density at radius 1 is 1.07 bits per heavy atom. The lowest BCUT2D eigenvalue weighted by Crippen LogP contribution is -2.14. The molecule has 1 amide bonds. The van der Waals surface area contributed by atoms with E-state index in [4.69, 9.17) is 4.74 Å². The van der Waals surface area contributed by atoms with Crippen LogP contribution in [0.15, 0.2) is 73.1 Å². The number of hydrogen-bond acceptors (Lipinski definition) is 4. The first-order valence-corrected chi connectivity index (χ1v) is 9.43. The number of aromatic nitrogens is 2. The number of anilines is 2. The predicted octanol–water partition coefficient (Wildman–Crippen LogP) is 4.48. The Balaban J connectivity index is 1.37. The molecule has 0 saturated heterocycles. The normalized spacial score (nSPS) is 10.7. The average Bonchev–Trinajstić information content (AvgIpc) is 3.18. The van der Waals surface area contributed by atoms with Crippen molar-refractivity contribution < 1.29 is 9.53 Å². The summed E-state index contributed by atoms with van der Waals surface area (Å²) in [6, 6.07) is 19.1. The number of methoxy groups -OCH3 is 1. The Bertz CT molecular complexity index is 1120. The minimum Gasteiger partial charge on any atom is -0.497 e. The van der Waals surface area contributed by atoms with Crippen molar-refractivity contribution in [2.24, 2.45) is 0 Å². The number of nitrogens with zero attached hydrogens (tertiary/aromatic N) is 1. The number of aromatic amines is 1. The molecule has 0 bridgehead atoms. The number of carbonyl (C=O) groups excluding carboxylic acids is 1. The van der Waals surface area contributed by atoms with Gasteiger partial charge in [-0.15, -0.1) is 0 Å². The lowest BCUT2D eigenvalue weighted by molar-refractivity contribution is 0.102.